The zero-order valence-electron chi connectivity index (χ0n) is 13.5. The van der Waals surface area contributed by atoms with E-state index in [1.54, 1.807) is 20.8 Å². The SMILES string of the molecule is CC(C)(C)OC(N)=O.O=C(O)CCNc1cccc(F)c1[N+](=O)[O-]. The fourth-order valence-corrected chi connectivity index (χ4v) is 1.45. The topological polar surface area (TPSA) is 145 Å². The Kier molecular flexibility index (Phi) is 8.15. The van der Waals surface area contributed by atoms with Crippen molar-refractivity contribution in [2.24, 2.45) is 5.73 Å². The summed E-state index contributed by atoms with van der Waals surface area (Å²) in [6, 6.07) is 3.61. The molecule has 0 aromatic heterocycles. The summed E-state index contributed by atoms with van der Waals surface area (Å²) in [5.74, 6) is -1.99. The fourth-order valence-electron chi connectivity index (χ4n) is 1.45. The van der Waals surface area contributed by atoms with Gasteiger partial charge >= 0.3 is 17.7 Å². The van der Waals surface area contributed by atoms with Crippen LogP contribution in [0.15, 0.2) is 18.2 Å². The minimum Gasteiger partial charge on any atom is -0.481 e. The molecule has 0 saturated carbocycles. The number of primary amides is 1. The van der Waals surface area contributed by atoms with Crippen molar-refractivity contribution >= 4 is 23.4 Å². The largest absolute Gasteiger partial charge is 0.481 e. The first-order valence-electron chi connectivity index (χ1n) is 6.81. The lowest BCUT2D eigenvalue weighted by molar-refractivity contribution is -0.386. The van der Waals surface area contributed by atoms with Crippen molar-refractivity contribution in [3.8, 4) is 0 Å². The van der Waals surface area contributed by atoms with Gasteiger partial charge in [-0.1, -0.05) is 6.07 Å². The maximum atomic E-state index is 13.1. The summed E-state index contributed by atoms with van der Waals surface area (Å²) >= 11 is 0. The lowest BCUT2D eigenvalue weighted by atomic mass is 10.2. The number of nitrogens with two attached hydrogens (primary N) is 1. The van der Waals surface area contributed by atoms with Gasteiger partial charge in [0.1, 0.15) is 11.3 Å². The highest BCUT2D eigenvalue weighted by Gasteiger charge is 2.19. The van der Waals surface area contributed by atoms with E-state index in [0.29, 0.717) is 0 Å². The van der Waals surface area contributed by atoms with Gasteiger partial charge in [0.25, 0.3) is 0 Å². The van der Waals surface area contributed by atoms with Crippen LogP contribution in [0.5, 0.6) is 0 Å². The van der Waals surface area contributed by atoms with Crippen molar-refractivity contribution in [1.29, 1.82) is 0 Å². The Morgan fingerprint density at radius 1 is 1.42 bits per heavy atom. The second kappa shape index (κ2) is 9.28. The van der Waals surface area contributed by atoms with Crippen LogP contribution in [0.1, 0.15) is 27.2 Å². The Balaban J connectivity index is 0.000000561. The fraction of sp³-hybridized carbons (Fsp3) is 0.429. The molecule has 0 spiro atoms. The highest BCUT2D eigenvalue weighted by molar-refractivity contribution is 5.68. The smallest absolute Gasteiger partial charge is 0.405 e. The second-order valence-electron chi connectivity index (χ2n) is 5.50. The number of carboxylic acid groups (broad SMARTS) is 1. The molecule has 134 valence electrons. The molecule has 0 aliphatic rings. The number of halogens is 1. The first-order valence-corrected chi connectivity index (χ1v) is 6.81. The number of carbonyl (C=O) groups is 2. The Labute approximate surface area is 137 Å². The van der Waals surface area contributed by atoms with Crippen LogP contribution in [0.3, 0.4) is 0 Å². The van der Waals surface area contributed by atoms with Crippen molar-refractivity contribution < 1.29 is 28.7 Å². The van der Waals surface area contributed by atoms with Gasteiger partial charge in [-0.15, -0.1) is 0 Å². The molecule has 0 aliphatic carbocycles. The molecule has 24 heavy (non-hydrogen) atoms. The Hall–Kier alpha value is -2.91. The number of hydrogen-bond donors (Lipinski definition) is 3. The van der Waals surface area contributed by atoms with Crippen LogP contribution in [-0.4, -0.2) is 34.2 Å². The summed E-state index contributed by atoms with van der Waals surface area (Å²) in [6.07, 6.45) is -0.925. The number of hydrogen-bond acceptors (Lipinski definition) is 6. The van der Waals surface area contributed by atoms with Gasteiger partial charge in [0.2, 0.25) is 5.82 Å². The number of rotatable bonds is 5. The van der Waals surface area contributed by atoms with E-state index in [-0.39, 0.29) is 18.7 Å². The number of nitro benzene ring substituents is 1. The molecule has 0 unspecified atom stereocenters. The quantitative estimate of drug-likeness (QED) is 0.549. The van der Waals surface area contributed by atoms with E-state index in [4.69, 9.17) is 10.8 Å². The minimum absolute atomic E-state index is 0.000370. The number of carboxylic acids is 1. The maximum Gasteiger partial charge on any atom is 0.405 e. The molecular formula is C14H20FN3O6. The van der Waals surface area contributed by atoms with Crippen molar-refractivity contribution in [2.45, 2.75) is 32.8 Å². The van der Waals surface area contributed by atoms with E-state index < -0.39 is 34.1 Å². The van der Waals surface area contributed by atoms with E-state index in [1.807, 2.05) is 0 Å². The number of ether oxygens (including phenoxy) is 1. The van der Waals surface area contributed by atoms with Crippen molar-refractivity contribution in [1.82, 2.24) is 0 Å². The molecule has 0 heterocycles. The Morgan fingerprint density at radius 3 is 2.38 bits per heavy atom. The minimum atomic E-state index is -1.04. The summed E-state index contributed by atoms with van der Waals surface area (Å²) in [5.41, 5.74) is 3.57. The van der Waals surface area contributed by atoms with E-state index in [1.165, 1.54) is 12.1 Å². The number of carbonyl (C=O) groups excluding carboxylic acids is 1. The van der Waals surface area contributed by atoms with Gasteiger partial charge in [-0.05, 0) is 32.9 Å². The van der Waals surface area contributed by atoms with Crippen molar-refractivity contribution in [2.75, 3.05) is 11.9 Å². The van der Waals surface area contributed by atoms with Crippen LogP contribution < -0.4 is 11.1 Å². The van der Waals surface area contributed by atoms with Gasteiger partial charge in [0.15, 0.2) is 0 Å². The summed E-state index contributed by atoms with van der Waals surface area (Å²) in [7, 11) is 0. The molecule has 0 fully saturated rings. The van der Waals surface area contributed by atoms with Gasteiger partial charge < -0.3 is 20.9 Å². The summed E-state index contributed by atoms with van der Waals surface area (Å²) in [5, 5.41) is 21.4. The number of aliphatic carboxylic acids is 1. The average molecular weight is 345 g/mol. The van der Waals surface area contributed by atoms with Gasteiger partial charge in [-0.25, -0.2) is 4.79 Å². The van der Waals surface area contributed by atoms with Crippen LogP contribution in [0, 0.1) is 15.9 Å². The lowest BCUT2D eigenvalue weighted by Crippen LogP contribution is -2.27. The maximum absolute atomic E-state index is 13.1. The molecule has 1 aromatic carbocycles. The summed E-state index contributed by atoms with van der Waals surface area (Å²) in [4.78, 5) is 29.9. The summed E-state index contributed by atoms with van der Waals surface area (Å²) in [6.45, 7) is 5.28. The van der Waals surface area contributed by atoms with E-state index in [2.05, 4.69) is 10.1 Å². The first-order chi connectivity index (χ1) is 10.9. The van der Waals surface area contributed by atoms with Crippen LogP contribution in [0.25, 0.3) is 0 Å². The molecular weight excluding hydrogens is 325 g/mol. The first kappa shape index (κ1) is 21.1. The van der Waals surface area contributed by atoms with Crippen LogP contribution in [-0.2, 0) is 9.53 Å². The summed E-state index contributed by atoms with van der Waals surface area (Å²) < 4.78 is 17.7. The molecule has 10 heteroatoms. The van der Waals surface area contributed by atoms with Gasteiger partial charge in [0.05, 0.1) is 11.3 Å². The van der Waals surface area contributed by atoms with E-state index in [9.17, 15) is 24.1 Å². The molecule has 0 atom stereocenters. The van der Waals surface area contributed by atoms with Crippen LogP contribution >= 0.6 is 0 Å². The standard InChI is InChI=1S/C9H9FN2O4.C5H11NO2/c10-6-2-1-3-7(9(6)12(15)16)11-5-4-8(13)14;1-5(2,3)8-4(6)7/h1-3,11H,4-5H2,(H,13,14);1-3H3,(H2,6,7). The molecule has 0 bridgehead atoms. The average Bonchev–Trinajstić information content (AvgIpc) is 2.35. The second-order valence-corrected chi connectivity index (χ2v) is 5.50. The predicted molar refractivity (Wildman–Crippen MR) is 84.2 cm³/mol. The highest BCUT2D eigenvalue weighted by Crippen LogP contribution is 2.26. The van der Waals surface area contributed by atoms with Gasteiger partial charge in [-0.2, -0.15) is 4.39 Å². The van der Waals surface area contributed by atoms with Crippen LogP contribution in [0.4, 0.5) is 20.6 Å². The predicted octanol–water partition coefficient (Wildman–Crippen LogP) is 2.50. The third-order valence-corrected chi connectivity index (χ3v) is 2.23. The van der Waals surface area contributed by atoms with Gasteiger partial charge in [0, 0.05) is 6.54 Å². The lowest BCUT2D eigenvalue weighted by Gasteiger charge is -2.16. The highest BCUT2D eigenvalue weighted by atomic mass is 19.1. The molecule has 1 aromatic rings. The zero-order chi connectivity index (χ0) is 18.9. The van der Waals surface area contributed by atoms with Crippen molar-refractivity contribution in [3.63, 3.8) is 0 Å². The van der Waals surface area contributed by atoms with E-state index in [0.717, 1.165) is 6.07 Å². The third kappa shape index (κ3) is 9.18. The number of nitrogens with zero attached hydrogens (tertiary/aromatic N) is 1. The molecule has 1 amide bonds. The van der Waals surface area contributed by atoms with Crippen LogP contribution in [0.2, 0.25) is 0 Å². The van der Waals surface area contributed by atoms with Gasteiger partial charge in [-0.3, -0.25) is 14.9 Å². The number of nitrogens with one attached hydrogen (secondary N) is 1. The molecule has 1 rings (SSSR count). The molecule has 0 aliphatic heterocycles. The molecule has 4 N–H and O–H groups in total. The zero-order valence-corrected chi connectivity index (χ0v) is 13.5. The monoisotopic (exact) mass is 345 g/mol. The molecule has 0 saturated heterocycles. The number of nitro groups is 1. The molecule has 0 radical (unpaired) electrons. The number of benzene rings is 1. The number of anilines is 1. The molecule has 9 nitrogen and oxygen atoms in total. The number of amides is 1. The third-order valence-electron chi connectivity index (χ3n) is 2.23. The Morgan fingerprint density at radius 2 is 2.00 bits per heavy atom. The Bertz CT molecular complexity index is 601. The number of para-hydroxylation sites is 1. The van der Waals surface area contributed by atoms with E-state index >= 15 is 0 Å². The van der Waals surface area contributed by atoms with Crippen molar-refractivity contribution in [3.05, 3.63) is 34.1 Å². The normalized spacial score (nSPS) is 10.2.